The number of nitro benzene ring substituents is 1. The van der Waals surface area contributed by atoms with Crippen LogP contribution in [-0.4, -0.2) is 22.5 Å². The van der Waals surface area contributed by atoms with Gasteiger partial charge in [0.25, 0.3) is 5.69 Å². The van der Waals surface area contributed by atoms with E-state index in [1.807, 2.05) is 42.5 Å². The van der Waals surface area contributed by atoms with E-state index < -0.39 is 10.8 Å². The van der Waals surface area contributed by atoms with E-state index in [4.69, 9.17) is 4.42 Å². The van der Waals surface area contributed by atoms with Crippen molar-refractivity contribution >= 4 is 51.5 Å². The van der Waals surface area contributed by atoms with Crippen LogP contribution >= 0.6 is 0 Å². The molecule has 1 heterocycles. The zero-order valence-electron chi connectivity index (χ0n) is 24.9. The fourth-order valence-electron chi connectivity index (χ4n) is 5.08. The van der Waals surface area contributed by atoms with Crippen molar-refractivity contribution in [2.45, 2.75) is 6.42 Å². The molecule has 9 nitrogen and oxygen atoms in total. The molecule has 47 heavy (non-hydrogen) atoms. The first-order valence-electron chi connectivity index (χ1n) is 14.7. The van der Waals surface area contributed by atoms with Crippen LogP contribution in [0.3, 0.4) is 0 Å². The van der Waals surface area contributed by atoms with Gasteiger partial charge in [0.15, 0.2) is 5.78 Å². The van der Waals surface area contributed by atoms with Crippen LogP contribution in [0.4, 0.5) is 17.1 Å². The summed E-state index contributed by atoms with van der Waals surface area (Å²) in [6.45, 7) is 0. The Hall–Kier alpha value is -6.61. The van der Waals surface area contributed by atoms with E-state index in [9.17, 15) is 24.5 Å². The van der Waals surface area contributed by atoms with Crippen molar-refractivity contribution in [2.24, 2.45) is 0 Å². The van der Waals surface area contributed by atoms with Gasteiger partial charge < -0.3 is 15.1 Å². The van der Waals surface area contributed by atoms with E-state index in [-0.39, 0.29) is 29.4 Å². The Balaban J connectivity index is 1.17. The highest BCUT2D eigenvalue weighted by atomic mass is 16.6. The molecule has 0 aliphatic carbocycles. The number of nitrogens with zero attached hydrogens (tertiary/aromatic N) is 1. The molecule has 230 valence electrons. The normalized spacial score (nSPS) is 11.0. The molecule has 2 N–H and O–H groups in total. The molecule has 0 radical (unpaired) electrons. The topological polar surface area (TPSA) is 132 Å². The Bertz CT molecular complexity index is 2150. The predicted octanol–water partition coefficient (Wildman–Crippen LogP) is 8.07. The van der Waals surface area contributed by atoms with Crippen LogP contribution in [0.15, 0.2) is 138 Å². The third-order valence-corrected chi connectivity index (χ3v) is 7.41. The average Bonchev–Trinajstić information content (AvgIpc) is 3.57. The quantitative estimate of drug-likeness (QED) is 0.0688. The Morgan fingerprint density at radius 3 is 2.26 bits per heavy atom. The van der Waals surface area contributed by atoms with Gasteiger partial charge in [0.05, 0.1) is 17.0 Å². The molecular weight excluding hydrogens is 594 g/mol. The lowest BCUT2D eigenvalue weighted by Crippen LogP contribution is -2.18. The summed E-state index contributed by atoms with van der Waals surface area (Å²) in [7, 11) is 0. The molecular formula is C38H27N3O6. The number of benzene rings is 5. The number of furan rings is 1. The molecule has 0 saturated heterocycles. The molecule has 0 bridgehead atoms. The molecule has 6 rings (SSSR count). The molecule has 0 fully saturated rings. The predicted molar refractivity (Wildman–Crippen MR) is 181 cm³/mol. The maximum absolute atomic E-state index is 13.5. The van der Waals surface area contributed by atoms with Gasteiger partial charge >= 0.3 is 0 Å². The number of carbonyl (C=O) groups excluding carboxylic acids is 3. The largest absolute Gasteiger partial charge is 0.457 e. The van der Waals surface area contributed by atoms with E-state index in [0.717, 1.165) is 16.3 Å². The van der Waals surface area contributed by atoms with Gasteiger partial charge in [-0.2, -0.15) is 0 Å². The fraction of sp³-hybridized carbons (Fsp3) is 0.0263. The number of fused-ring (bicyclic) bond motifs is 1. The van der Waals surface area contributed by atoms with Crippen molar-refractivity contribution < 1.29 is 23.7 Å². The summed E-state index contributed by atoms with van der Waals surface area (Å²) in [4.78, 5) is 49.9. The molecule has 1 aromatic heterocycles. The van der Waals surface area contributed by atoms with E-state index in [1.54, 1.807) is 66.7 Å². The summed E-state index contributed by atoms with van der Waals surface area (Å²) in [5.41, 5.74) is 2.81. The zero-order chi connectivity index (χ0) is 32.8. The summed E-state index contributed by atoms with van der Waals surface area (Å²) in [6.07, 6.45) is 2.89. The zero-order valence-corrected chi connectivity index (χ0v) is 24.9. The number of nitrogens with one attached hydrogen (secondary N) is 2. The maximum atomic E-state index is 13.5. The summed E-state index contributed by atoms with van der Waals surface area (Å²) in [6, 6.07) is 36.5. The molecule has 5 aromatic carbocycles. The van der Waals surface area contributed by atoms with Crippen LogP contribution in [0.1, 0.15) is 27.2 Å². The molecule has 0 unspecified atom stereocenters. The second-order valence-corrected chi connectivity index (χ2v) is 10.7. The van der Waals surface area contributed by atoms with Gasteiger partial charge in [-0.3, -0.25) is 24.5 Å². The van der Waals surface area contributed by atoms with Crippen molar-refractivity contribution in [3.05, 3.63) is 166 Å². The monoisotopic (exact) mass is 621 g/mol. The summed E-state index contributed by atoms with van der Waals surface area (Å²) < 4.78 is 5.77. The van der Waals surface area contributed by atoms with Gasteiger partial charge in [0.2, 0.25) is 11.8 Å². The van der Waals surface area contributed by atoms with E-state index in [2.05, 4.69) is 10.6 Å². The first kappa shape index (κ1) is 30.4. The highest BCUT2D eigenvalue weighted by Gasteiger charge is 2.17. The third-order valence-electron chi connectivity index (χ3n) is 7.41. The van der Waals surface area contributed by atoms with Crippen molar-refractivity contribution in [1.82, 2.24) is 0 Å². The Morgan fingerprint density at radius 1 is 0.745 bits per heavy atom. The Kier molecular flexibility index (Phi) is 8.79. The summed E-state index contributed by atoms with van der Waals surface area (Å²) in [5, 5.41) is 18.6. The summed E-state index contributed by atoms with van der Waals surface area (Å²) in [5.74, 6) is -0.175. The van der Waals surface area contributed by atoms with E-state index in [0.29, 0.717) is 34.0 Å². The number of hydrogen-bond donors (Lipinski definition) is 2. The molecule has 9 heteroatoms. The number of hydrogen-bond acceptors (Lipinski definition) is 6. The number of amides is 2. The van der Waals surface area contributed by atoms with Crippen LogP contribution in [0.5, 0.6) is 0 Å². The summed E-state index contributed by atoms with van der Waals surface area (Å²) >= 11 is 0. The van der Waals surface area contributed by atoms with Crippen LogP contribution in [0.2, 0.25) is 0 Å². The van der Waals surface area contributed by atoms with Gasteiger partial charge in [0.1, 0.15) is 11.5 Å². The second-order valence-electron chi connectivity index (χ2n) is 10.7. The molecule has 0 saturated carbocycles. The number of rotatable bonds is 10. The van der Waals surface area contributed by atoms with Crippen molar-refractivity contribution in [2.75, 3.05) is 10.6 Å². The van der Waals surface area contributed by atoms with Gasteiger partial charge in [-0.25, -0.2) is 0 Å². The van der Waals surface area contributed by atoms with Crippen LogP contribution in [0.25, 0.3) is 28.2 Å². The minimum Gasteiger partial charge on any atom is -0.457 e. The van der Waals surface area contributed by atoms with Crippen LogP contribution < -0.4 is 10.6 Å². The number of anilines is 2. The van der Waals surface area contributed by atoms with Gasteiger partial charge in [-0.05, 0) is 64.9 Å². The maximum Gasteiger partial charge on any atom is 0.269 e. The van der Waals surface area contributed by atoms with Gasteiger partial charge in [0, 0.05) is 40.6 Å². The molecule has 2 amide bonds. The number of nitro groups is 1. The Morgan fingerprint density at radius 2 is 1.49 bits per heavy atom. The minimum atomic E-state index is -0.476. The van der Waals surface area contributed by atoms with Crippen molar-refractivity contribution in [3.63, 3.8) is 0 Å². The molecule has 6 aromatic rings. The van der Waals surface area contributed by atoms with E-state index >= 15 is 0 Å². The number of ketones is 1. The first-order valence-corrected chi connectivity index (χ1v) is 14.7. The smallest absolute Gasteiger partial charge is 0.269 e. The third kappa shape index (κ3) is 7.38. The lowest BCUT2D eigenvalue weighted by Gasteiger charge is -2.13. The lowest BCUT2D eigenvalue weighted by atomic mass is 10.0. The Labute approximate surface area is 269 Å². The highest BCUT2D eigenvalue weighted by molar-refractivity contribution is 6.15. The van der Waals surface area contributed by atoms with Gasteiger partial charge in [-0.1, -0.05) is 72.8 Å². The highest BCUT2D eigenvalue weighted by Crippen LogP contribution is 2.27. The molecule has 0 spiro atoms. The number of non-ortho nitro benzene ring substituents is 1. The van der Waals surface area contributed by atoms with Gasteiger partial charge in [-0.15, -0.1) is 0 Å². The standard InChI is InChI=1S/C38H27N3O6/c42-36(21-18-32-17-20-35(47-32)27-12-15-31(16-13-27)41(45)46)39-30-14-19-34(33(24-30)38(44)28-7-2-1-3-8-28)40-37(43)23-25-10-11-26-6-4-5-9-29(26)22-25/h1-22,24H,23H2,(H,39,42)(H,40,43)/b21-18+. The first-order chi connectivity index (χ1) is 22.8. The van der Waals surface area contributed by atoms with E-state index in [1.165, 1.54) is 30.4 Å². The second kappa shape index (κ2) is 13.6. The SMILES string of the molecule is O=C(/C=C/c1ccc(-c2ccc([N+](=O)[O-])cc2)o1)Nc1ccc(NC(=O)Cc2ccc3ccccc3c2)c(C(=O)c2ccccc2)c1. The molecule has 0 atom stereocenters. The fourth-order valence-corrected chi connectivity index (χ4v) is 5.08. The van der Waals surface area contributed by atoms with Crippen LogP contribution in [-0.2, 0) is 16.0 Å². The van der Waals surface area contributed by atoms with Crippen molar-refractivity contribution in [1.29, 1.82) is 0 Å². The minimum absolute atomic E-state index is 0.0258. The number of carbonyl (C=O) groups is 3. The molecule has 0 aliphatic rings. The average molecular weight is 622 g/mol. The molecule has 0 aliphatic heterocycles. The lowest BCUT2D eigenvalue weighted by molar-refractivity contribution is -0.384. The van der Waals surface area contributed by atoms with Crippen molar-refractivity contribution in [3.8, 4) is 11.3 Å². The van der Waals surface area contributed by atoms with Crippen LogP contribution in [0, 0.1) is 10.1 Å².